The van der Waals surface area contributed by atoms with Crippen LogP contribution in [0.1, 0.15) is 47.7 Å². The van der Waals surface area contributed by atoms with Crippen LogP contribution in [0.3, 0.4) is 0 Å². The number of ether oxygens (including phenoxy) is 2. The smallest absolute Gasteiger partial charge is 0.423 e. The minimum atomic E-state index is -4.74. The zero-order chi connectivity index (χ0) is 29.3. The molecular formula is C28H30F4N4O4. The molecule has 1 aliphatic rings. The molecular weight excluding hydrogens is 532 g/mol. The Balaban J connectivity index is 0.000000307. The second-order valence-electron chi connectivity index (χ2n) is 8.97. The van der Waals surface area contributed by atoms with Crippen molar-refractivity contribution >= 4 is 18.0 Å². The summed E-state index contributed by atoms with van der Waals surface area (Å²) >= 11 is 0. The normalized spacial score (nSPS) is 12.6. The van der Waals surface area contributed by atoms with Gasteiger partial charge in [0.2, 0.25) is 0 Å². The maximum atomic E-state index is 14.7. The fraction of sp³-hybridized carbons (Fsp3) is 0.321. The van der Waals surface area contributed by atoms with Crippen LogP contribution in [0, 0.1) is 5.82 Å². The second kappa shape index (κ2) is 13.6. The van der Waals surface area contributed by atoms with Gasteiger partial charge in [0.15, 0.2) is 17.8 Å². The van der Waals surface area contributed by atoms with Crippen molar-refractivity contribution in [1.29, 1.82) is 0 Å². The molecule has 0 amide bonds. The van der Waals surface area contributed by atoms with E-state index in [1.165, 1.54) is 18.9 Å². The Morgan fingerprint density at radius 1 is 1.10 bits per heavy atom. The van der Waals surface area contributed by atoms with Gasteiger partial charge in [0.25, 0.3) is 5.56 Å². The molecule has 1 aliphatic heterocycles. The first-order chi connectivity index (χ1) is 19.0. The summed E-state index contributed by atoms with van der Waals surface area (Å²) in [5, 5.41) is 4.74. The monoisotopic (exact) mass is 562 g/mol. The zero-order valence-corrected chi connectivity index (χ0v) is 22.1. The fourth-order valence-electron chi connectivity index (χ4n) is 3.88. The van der Waals surface area contributed by atoms with Gasteiger partial charge in [-0.25, -0.2) is 9.49 Å². The quantitative estimate of drug-likeness (QED) is 0.211. The van der Waals surface area contributed by atoms with Crippen molar-refractivity contribution in [3.8, 4) is 22.6 Å². The van der Waals surface area contributed by atoms with Crippen LogP contribution in [0.2, 0.25) is 0 Å². The first-order valence-electron chi connectivity index (χ1n) is 12.5. The van der Waals surface area contributed by atoms with E-state index in [0.717, 1.165) is 19.2 Å². The van der Waals surface area contributed by atoms with Crippen molar-refractivity contribution in [1.82, 2.24) is 15.1 Å². The Morgan fingerprint density at radius 2 is 1.82 bits per heavy atom. The van der Waals surface area contributed by atoms with Crippen LogP contribution in [0.15, 0.2) is 47.5 Å². The molecule has 1 aromatic heterocycles. The predicted octanol–water partition coefficient (Wildman–Crippen LogP) is 5.54. The number of nitrogens with one attached hydrogen (secondary N) is 1. The van der Waals surface area contributed by atoms with Gasteiger partial charge >= 0.3 is 6.18 Å². The minimum Gasteiger partial charge on any atom is -0.486 e. The third-order valence-corrected chi connectivity index (χ3v) is 5.94. The van der Waals surface area contributed by atoms with E-state index in [4.69, 9.17) is 15.2 Å². The highest BCUT2D eigenvalue weighted by Gasteiger charge is 2.36. The molecule has 214 valence electrons. The first kappa shape index (κ1) is 30.2. The summed E-state index contributed by atoms with van der Waals surface area (Å²) < 4.78 is 61.7. The Morgan fingerprint density at radius 3 is 2.45 bits per heavy atom. The number of hydrogen-bond acceptors (Lipinski definition) is 7. The lowest BCUT2D eigenvalue weighted by Crippen LogP contribution is -2.24. The summed E-state index contributed by atoms with van der Waals surface area (Å²) in [7, 11) is 2.00. The Bertz CT molecular complexity index is 1410. The van der Waals surface area contributed by atoms with E-state index in [0.29, 0.717) is 53.3 Å². The third-order valence-electron chi connectivity index (χ3n) is 5.94. The predicted molar refractivity (Wildman–Crippen MR) is 144 cm³/mol. The molecule has 2 aromatic carbocycles. The number of carbonyl (C=O) groups is 1. The summed E-state index contributed by atoms with van der Waals surface area (Å²) in [6.07, 6.45) is 3.95. The van der Waals surface area contributed by atoms with E-state index in [2.05, 4.69) is 16.9 Å². The lowest BCUT2D eigenvalue weighted by molar-refractivity contribution is -0.138. The summed E-state index contributed by atoms with van der Waals surface area (Å²) in [6, 6.07) is 8.36. The van der Waals surface area contributed by atoms with E-state index in [1.54, 1.807) is 29.4 Å². The summed E-state index contributed by atoms with van der Waals surface area (Å²) in [5.41, 5.74) is 3.62. The molecule has 0 spiro atoms. The number of alkyl halides is 3. The van der Waals surface area contributed by atoms with E-state index in [-0.39, 0.29) is 0 Å². The number of hydrogen-bond donors (Lipinski definition) is 2. The third kappa shape index (κ3) is 7.84. The van der Waals surface area contributed by atoms with Crippen LogP contribution in [0.5, 0.6) is 11.5 Å². The fourth-order valence-corrected chi connectivity index (χ4v) is 3.88. The van der Waals surface area contributed by atoms with Crippen molar-refractivity contribution in [3.63, 3.8) is 0 Å². The minimum absolute atomic E-state index is 0.331. The maximum absolute atomic E-state index is 14.7. The number of rotatable bonds is 8. The van der Waals surface area contributed by atoms with Crippen LogP contribution in [0.25, 0.3) is 17.2 Å². The van der Waals surface area contributed by atoms with Gasteiger partial charge in [0, 0.05) is 24.7 Å². The topological polar surface area (TPSA) is 111 Å². The van der Waals surface area contributed by atoms with Crippen molar-refractivity contribution in [2.75, 3.05) is 32.5 Å². The molecule has 0 fully saturated rings. The van der Waals surface area contributed by atoms with E-state index >= 15 is 0 Å². The van der Waals surface area contributed by atoms with Crippen molar-refractivity contribution in [3.05, 3.63) is 75.6 Å². The molecule has 2 heterocycles. The Labute approximate surface area is 228 Å². The number of aromatic amines is 1. The summed E-state index contributed by atoms with van der Waals surface area (Å²) in [5.74, 6) is 0.830. The van der Waals surface area contributed by atoms with Crippen molar-refractivity contribution in [2.45, 2.75) is 32.4 Å². The summed E-state index contributed by atoms with van der Waals surface area (Å²) in [4.78, 5) is 24.1. The number of halogens is 4. The number of H-pyrrole nitrogens is 1. The number of unbranched alkanes of at least 4 members (excludes halogenated alkanes) is 2. The molecule has 12 heteroatoms. The first-order valence-corrected chi connectivity index (χ1v) is 12.5. The van der Waals surface area contributed by atoms with Crippen molar-refractivity contribution in [2.24, 2.45) is 0 Å². The number of carbonyl (C=O) groups excluding carboxylic acids is 1. The van der Waals surface area contributed by atoms with Gasteiger partial charge in [-0.05, 0) is 54.1 Å². The van der Waals surface area contributed by atoms with Crippen LogP contribution >= 0.6 is 0 Å². The molecule has 0 atom stereocenters. The highest BCUT2D eigenvalue weighted by molar-refractivity contribution is 5.84. The number of fused-ring (bicyclic) bond motifs is 1. The number of nitrogens with zero attached hydrogens (tertiary/aromatic N) is 2. The number of aldehydes is 1. The van der Waals surface area contributed by atoms with Gasteiger partial charge in [-0.1, -0.05) is 25.8 Å². The number of nitrogens with two attached hydrogens (primary N) is 1. The van der Waals surface area contributed by atoms with Gasteiger partial charge in [0.1, 0.15) is 24.6 Å². The molecule has 8 nitrogen and oxygen atoms in total. The zero-order valence-electron chi connectivity index (χ0n) is 22.1. The van der Waals surface area contributed by atoms with Crippen LogP contribution < -0.4 is 20.8 Å². The molecule has 3 N–H and O–H groups in total. The standard InChI is InChI=1S/C23H26FNO3.C5H4F3N3O/c1-3-4-5-9-25(2)10-8-17-13-20(21(24)14-19(17)16-26)18-6-7-22-23(15-18)28-12-11-27-22;6-5(7,8)3-2(9)1-10-11-4(3)12/h6-8,10,13-16H,3-5,9,11-12H2,1-2H3;1H,(H3,9,11,12)/b10-8-;. The van der Waals surface area contributed by atoms with E-state index < -0.39 is 28.8 Å². The largest absolute Gasteiger partial charge is 0.486 e. The molecule has 0 saturated carbocycles. The van der Waals surface area contributed by atoms with Gasteiger partial charge in [-0.3, -0.25) is 9.59 Å². The van der Waals surface area contributed by atoms with Crippen LogP contribution in [-0.2, 0) is 6.18 Å². The Hall–Kier alpha value is -4.35. The van der Waals surface area contributed by atoms with E-state index in [9.17, 15) is 27.2 Å². The van der Waals surface area contributed by atoms with Crippen LogP contribution in [-0.4, -0.2) is 48.2 Å². The van der Waals surface area contributed by atoms with Crippen molar-refractivity contribution < 1.29 is 31.8 Å². The highest BCUT2D eigenvalue weighted by Crippen LogP contribution is 2.36. The highest BCUT2D eigenvalue weighted by atomic mass is 19.4. The van der Waals surface area contributed by atoms with Gasteiger partial charge in [0.05, 0.1) is 11.9 Å². The molecule has 4 rings (SSSR count). The number of anilines is 1. The van der Waals surface area contributed by atoms with Crippen LogP contribution in [0.4, 0.5) is 23.2 Å². The lowest BCUT2D eigenvalue weighted by Gasteiger charge is -2.19. The number of benzene rings is 2. The second-order valence-corrected chi connectivity index (χ2v) is 8.97. The molecule has 0 bridgehead atoms. The number of nitrogen functional groups attached to an aromatic ring is 1. The molecule has 0 saturated heterocycles. The number of aromatic nitrogens is 2. The molecule has 40 heavy (non-hydrogen) atoms. The van der Waals surface area contributed by atoms with E-state index in [1.807, 2.05) is 19.3 Å². The maximum Gasteiger partial charge on any atom is 0.423 e. The molecule has 0 radical (unpaired) electrons. The molecule has 0 unspecified atom stereocenters. The lowest BCUT2D eigenvalue weighted by atomic mass is 9.98. The molecule has 3 aromatic rings. The average Bonchev–Trinajstić information content (AvgIpc) is 2.91. The Kier molecular flexibility index (Phi) is 10.3. The SMILES string of the molecule is CCCCCN(C)/C=C\c1cc(-c2ccc3c(c2)OCCO3)c(F)cc1C=O.Nc1cn[nH]c(=O)c1C(F)(F)F. The van der Waals surface area contributed by atoms with Gasteiger partial charge in [-0.15, -0.1) is 0 Å². The van der Waals surface area contributed by atoms with Gasteiger partial charge < -0.3 is 20.1 Å². The van der Waals surface area contributed by atoms with Gasteiger partial charge in [-0.2, -0.15) is 18.3 Å². The summed E-state index contributed by atoms with van der Waals surface area (Å²) in [6.45, 7) is 4.10. The average molecular weight is 563 g/mol. The molecule has 0 aliphatic carbocycles.